The van der Waals surface area contributed by atoms with Gasteiger partial charge in [-0.15, -0.1) is 0 Å². The Morgan fingerprint density at radius 2 is 1.68 bits per heavy atom. The first-order chi connectivity index (χ1) is 17.9. The molecule has 1 aromatic rings. The lowest BCUT2D eigenvalue weighted by atomic mass is 9.51. The van der Waals surface area contributed by atoms with E-state index in [2.05, 4.69) is 0 Å². The maximum Gasteiger partial charge on any atom is 0.334 e. The molecule has 0 atom stereocenters. The minimum absolute atomic E-state index is 0.198. The number of hydrogen-bond acceptors (Lipinski definition) is 7. The molecule has 2 heterocycles. The van der Waals surface area contributed by atoms with E-state index in [1.807, 2.05) is 0 Å². The molecule has 5 N–H and O–H groups in total. The molecule has 13 nitrogen and oxygen atoms in total. The summed E-state index contributed by atoms with van der Waals surface area (Å²) in [5.74, 6) is -2.54. The molecular weight excluding hydrogens is 496 g/mol. The number of carboxylic acids is 1. The van der Waals surface area contributed by atoms with Crippen LogP contribution in [-0.4, -0.2) is 72.0 Å². The summed E-state index contributed by atoms with van der Waals surface area (Å²) in [5, 5.41) is 27.9. The van der Waals surface area contributed by atoms with E-state index in [4.69, 9.17) is 11.1 Å². The topological polar surface area (TPSA) is 192 Å². The number of urea groups is 1. The molecule has 38 heavy (non-hydrogen) atoms. The van der Waals surface area contributed by atoms with Gasteiger partial charge in [0.1, 0.15) is 23.5 Å². The summed E-state index contributed by atoms with van der Waals surface area (Å²) in [6, 6.07) is -1.08. The second-order valence-corrected chi connectivity index (χ2v) is 11.6. The lowest BCUT2D eigenvalue weighted by molar-refractivity contribution is -0.153. The third-order valence-electron chi connectivity index (χ3n) is 9.28. The number of aliphatic carboxylic acids is 1. The summed E-state index contributed by atoms with van der Waals surface area (Å²) < 4.78 is 2.31. The van der Waals surface area contributed by atoms with Crippen LogP contribution in [0.4, 0.5) is 4.79 Å². The number of aromatic nitrogens is 2. The normalized spacial score (nSPS) is 29.4. The molecule has 4 aliphatic rings. The van der Waals surface area contributed by atoms with Gasteiger partial charge in [0.25, 0.3) is 11.5 Å². The minimum Gasteiger partial charge on any atom is -0.494 e. The average Bonchev–Trinajstić information content (AvgIpc) is 3.41. The number of carboxylic acid groups (broad SMARTS) is 1. The first-order valence-electron chi connectivity index (χ1n) is 13.1. The van der Waals surface area contributed by atoms with Crippen LogP contribution in [0.15, 0.2) is 9.59 Å². The van der Waals surface area contributed by atoms with Crippen LogP contribution < -0.4 is 17.0 Å². The van der Waals surface area contributed by atoms with Gasteiger partial charge >= 0.3 is 17.7 Å². The van der Waals surface area contributed by atoms with Crippen LogP contribution in [0.5, 0.6) is 5.88 Å². The minimum atomic E-state index is -1.19. The summed E-state index contributed by atoms with van der Waals surface area (Å²) in [5.41, 5.74) is 2.42. The number of aromatic hydroxyl groups is 1. The second kappa shape index (κ2) is 8.98. The summed E-state index contributed by atoms with van der Waals surface area (Å²) in [7, 11) is 1.36. The number of nitrogen functional groups attached to an aromatic ring is 1. The second-order valence-electron chi connectivity index (χ2n) is 11.6. The quantitative estimate of drug-likeness (QED) is 0.236. The van der Waals surface area contributed by atoms with Crippen molar-refractivity contribution >= 4 is 23.7 Å². The zero-order valence-electron chi connectivity index (χ0n) is 21.4. The van der Waals surface area contributed by atoms with Gasteiger partial charge in [-0.2, -0.15) is 0 Å². The van der Waals surface area contributed by atoms with Gasteiger partial charge in [-0.05, 0) is 62.7 Å². The molecule has 1 saturated heterocycles. The van der Waals surface area contributed by atoms with Crippen LogP contribution in [0.2, 0.25) is 0 Å². The highest BCUT2D eigenvalue weighted by atomic mass is 16.4. The zero-order chi connectivity index (χ0) is 27.6. The van der Waals surface area contributed by atoms with Crippen molar-refractivity contribution in [1.29, 1.82) is 5.41 Å². The van der Waals surface area contributed by atoms with Crippen molar-refractivity contribution in [2.75, 3.05) is 13.6 Å². The summed E-state index contributed by atoms with van der Waals surface area (Å²) in [4.78, 5) is 65.8. The Labute approximate surface area is 218 Å². The Morgan fingerprint density at radius 3 is 2.24 bits per heavy atom. The van der Waals surface area contributed by atoms with Crippen molar-refractivity contribution in [3.8, 4) is 5.88 Å². The Balaban J connectivity index is 1.39. The van der Waals surface area contributed by atoms with E-state index >= 15 is 0 Å². The van der Waals surface area contributed by atoms with E-state index in [9.17, 15) is 34.2 Å². The summed E-state index contributed by atoms with van der Waals surface area (Å²) in [6.07, 6.45) is 6.66. The largest absolute Gasteiger partial charge is 0.494 e. The number of rotatable bonds is 6. The Morgan fingerprint density at radius 1 is 1.08 bits per heavy atom. The van der Waals surface area contributed by atoms with E-state index in [-0.39, 0.29) is 23.4 Å². The SMILES string of the molecule is CN1C(=O)N(CC(=O)O)C2(CC3(CCC(n4c(=O)c(C(=N)N)c(O)n(CC5CCCC5)c4=O)CC3)C2)C1=O. The standard InChI is InChI=1S/C25H34N6O7/c1-28-21(36)25(30(22(28)37)11-16(32)33)12-24(13-25)8-6-15(7-9-24)31-20(35)17(18(26)27)19(34)29(23(31)38)10-14-4-2-3-5-14/h14-15,34H,2-13H2,1H3,(H3,26,27)(H,32,33). The highest BCUT2D eigenvalue weighted by Gasteiger charge is 2.68. The number of amides is 3. The molecule has 0 unspecified atom stereocenters. The molecule has 5 rings (SSSR count). The molecule has 3 aliphatic carbocycles. The third-order valence-corrected chi connectivity index (χ3v) is 9.28. The number of nitrogens with one attached hydrogen (secondary N) is 1. The van der Waals surface area contributed by atoms with Crippen molar-refractivity contribution in [3.05, 3.63) is 26.4 Å². The van der Waals surface area contributed by atoms with Gasteiger partial charge in [-0.1, -0.05) is 12.8 Å². The number of likely N-dealkylation sites (N-methyl/N-ethyl adjacent to an activating group) is 1. The molecule has 0 radical (unpaired) electrons. The maximum absolute atomic E-state index is 13.5. The van der Waals surface area contributed by atoms with E-state index in [1.165, 1.54) is 11.6 Å². The van der Waals surface area contributed by atoms with Gasteiger partial charge < -0.3 is 15.9 Å². The molecule has 206 valence electrons. The van der Waals surface area contributed by atoms with Gasteiger partial charge in [0.15, 0.2) is 0 Å². The van der Waals surface area contributed by atoms with Crippen molar-refractivity contribution < 1.29 is 24.6 Å². The maximum atomic E-state index is 13.5. The molecule has 1 aliphatic heterocycles. The molecular formula is C25H34N6O7. The number of carbonyl (C=O) groups is 3. The molecule has 2 spiro atoms. The van der Waals surface area contributed by atoms with Crippen LogP contribution in [-0.2, 0) is 16.1 Å². The molecule has 3 amide bonds. The summed E-state index contributed by atoms with van der Waals surface area (Å²) >= 11 is 0. The number of nitrogens with two attached hydrogens (primary N) is 1. The predicted molar refractivity (Wildman–Crippen MR) is 134 cm³/mol. The van der Waals surface area contributed by atoms with Crippen molar-refractivity contribution in [2.45, 2.75) is 82.3 Å². The fraction of sp³-hybridized carbons (Fsp3) is 0.680. The lowest BCUT2D eigenvalue weighted by Gasteiger charge is -2.58. The number of carbonyl (C=O) groups excluding carboxylic acids is 2. The Kier molecular flexibility index (Phi) is 6.14. The smallest absolute Gasteiger partial charge is 0.334 e. The number of imide groups is 1. The highest BCUT2D eigenvalue weighted by molar-refractivity contribution is 6.08. The molecule has 13 heteroatoms. The van der Waals surface area contributed by atoms with E-state index in [0.29, 0.717) is 38.5 Å². The summed E-state index contributed by atoms with van der Waals surface area (Å²) in [6.45, 7) is -0.293. The fourth-order valence-corrected chi connectivity index (χ4v) is 7.42. The number of amidine groups is 1. The molecule has 1 aromatic heterocycles. The number of hydrogen-bond donors (Lipinski definition) is 4. The fourth-order valence-electron chi connectivity index (χ4n) is 7.42. The van der Waals surface area contributed by atoms with Gasteiger partial charge in [-0.25, -0.2) is 9.59 Å². The van der Waals surface area contributed by atoms with Crippen LogP contribution in [0.25, 0.3) is 0 Å². The zero-order valence-corrected chi connectivity index (χ0v) is 21.4. The number of nitrogens with zero attached hydrogens (tertiary/aromatic N) is 4. The molecule has 3 saturated carbocycles. The molecule has 4 fully saturated rings. The van der Waals surface area contributed by atoms with Gasteiger partial charge in [-0.3, -0.25) is 38.7 Å². The van der Waals surface area contributed by atoms with E-state index in [1.54, 1.807) is 0 Å². The lowest BCUT2D eigenvalue weighted by Crippen LogP contribution is -2.64. The Hall–Kier alpha value is -3.64. The monoisotopic (exact) mass is 530 g/mol. The first kappa shape index (κ1) is 26.0. The van der Waals surface area contributed by atoms with Crippen LogP contribution >= 0.6 is 0 Å². The van der Waals surface area contributed by atoms with E-state index in [0.717, 1.165) is 40.1 Å². The van der Waals surface area contributed by atoms with Crippen molar-refractivity contribution in [3.63, 3.8) is 0 Å². The predicted octanol–water partition coefficient (Wildman–Crippen LogP) is 0.803. The highest BCUT2D eigenvalue weighted by Crippen LogP contribution is 2.61. The van der Waals surface area contributed by atoms with E-state index < -0.39 is 59.0 Å². The molecule has 0 bridgehead atoms. The van der Waals surface area contributed by atoms with Crippen molar-refractivity contribution in [2.24, 2.45) is 17.1 Å². The van der Waals surface area contributed by atoms with Crippen molar-refractivity contribution in [1.82, 2.24) is 18.9 Å². The van der Waals surface area contributed by atoms with Crippen LogP contribution in [0.3, 0.4) is 0 Å². The molecule has 0 aromatic carbocycles. The third kappa shape index (κ3) is 3.81. The Bertz CT molecular complexity index is 1320. The van der Waals surface area contributed by atoms with Gasteiger partial charge in [0, 0.05) is 19.6 Å². The average molecular weight is 531 g/mol. The van der Waals surface area contributed by atoms with Crippen LogP contribution in [0, 0.1) is 16.7 Å². The van der Waals surface area contributed by atoms with Gasteiger partial charge in [0.05, 0.1) is 0 Å². The first-order valence-corrected chi connectivity index (χ1v) is 13.1. The van der Waals surface area contributed by atoms with Crippen LogP contribution in [0.1, 0.15) is 75.8 Å². The van der Waals surface area contributed by atoms with Gasteiger partial charge in [0.2, 0.25) is 5.88 Å².